The lowest BCUT2D eigenvalue weighted by Gasteiger charge is -2.17. The summed E-state index contributed by atoms with van der Waals surface area (Å²) in [6.07, 6.45) is -1.20. The van der Waals surface area contributed by atoms with Crippen LogP contribution in [0.4, 0.5) is 0 Å². The van der Waals surface area contributed by atoms with Crippen LogP contribution in [-0.2, 0) is 4.74 Å². The van der Waals surface area contributed by atoms with Gasteiger partial charge in [0, 0.05) is 6.20 Å². The van der Waals surface area contributed by atoms with Gasteiger partial charge in [0.2, 0.25) is 0 Å². The Bertz CT molecular complexity index is 768. The molecule has 0 radical (unpaired) electrons. The summed E-state index contributed by atoms with van der Waals surface area (Å²) in [6, 6.07) is 0. The van der Waals surface area contributed by atoms with Crippen molar-refractivity contribution < 1.29 is 20.1 Å². The smallest absolute Gasteiger partial charge is 0.330 e. The lowest BCUT2D eigenvalue weighted by molar-refractivity contribution is -0.0550. The number of aromatic amines is 1. The number of aromatic nitrogens is 5. The van der Waals surface area contributed by atoms with E-state index in [9.17, 15) is 19.8 Å². The molecule has 0 aliphatic carbocycles. The van der Waals surface area contributed by atoms with Gasteiger partial charge < -0.3 is 20.1 Å². The lowest BCUT2D eigenvalue weighted by atomic mass is 10.1. The summed E-state index contributed by atoms with van der Waals surface area (Å²) >= 11 is 0. The minimum absolute atomic E-state index is 0.0187. The normalized spacial score (nSPS) is 28.1. The molecule has 1 aliphatic heterocycles. The van der Waals surface area contributed by atoms with Gasteiger partial charge in [0.05, 0.1) is 19.0 Å². The fourth-order valence-corrected chi connectivity index (χ4v) is 2.27. The van der Waals surface area contributed by atoms with Gasteiger partial charge in [-0.2, -0.15) is 0 Å². The second-order valence-electron chi connectivity index (χ2n) is 4.76. The highest BCUT2D eigenvalue weighted by Gasteiger charge is 2.43. The molecule has 0 bridgehead atoms. The maximum absolute atomic E-state index is 11.9. The van der Waals surface area contributed by atoms with E-state index in [1.54, 1.807) is 0 Å². The molecule has 3 heterocycles. The highest BCUT2D eigenvalue weighted by molar-refractivity contribution is 5.23. The van der Waals surface area contributed by atoms with Crippen LogP contribution in [-0.4, -0.2) is 64.8 Å². The molecule has 2 aromatic heterocycles. The van der Waals surface area contributed by atoms with Crippen molar-refractivity contribution in [3.8, 4) is 5.69 Å². The molecule has 3 rings (SSSR count). The molecule has 0 saturated carbocycles. The van der Waals surface area contributed by atoms with Crippen molar-refractivity contribution in [3.05, 3.63) is 39.4 Å². The van der Waals surface area contributed by atoms with Crippen LogP contribution in [0, 0.1) is 0 Å². The Labute approximate surface area is 122 Å². The number of nitrogens with one attached hydrogen (secondary N) is 1. The second-order valence-corrected chi connectivity index (χ2v) is 4.76. The minimum Gasteiger partial charge on any atom is -0.394 e. The molecule has 4 atom stereocenters. The number of rotatable bonds is 3. The molecule has 1 saturated heterocycles. The second kappa shape index (κ2) is 5.46. The van der Waals surface area contributed by atoms with E-state index < -0.39 is 42.4 Å². The van der Waals surface area contributed by atoms with Gasteiger partial charge in [-0.3, -0.25) is 14.3 Å². The van der Waals surface area contributed by atoms with Crippen molar-refractivity contribution in [1.29, 1.82) is 0 Å². The van der Waals surface area contributed by atoms with Gasteiger partial charge in [-0.05, 0) is 0 Å². The van der Waals surface area contributed by atoms with Crippen LogP contribution in [0.5, 0.6) is 0 Å². The first kappa shape index (κ1) is 14.6. The quantitative estimate of drug-likeness (QED) is 0.460. The zero-order valence-corrected chi connectivity index (χ0v) is 11.1. The Balaban J connectivity index is 2.07. The van der Waals surface area contributed by atoms with E-state index in [-0.39, 0.29) is 5.69 Å². The van der Waals surface area contributed by atoms with E-state index in [2.05, 4.69) is 15.3 Å². The molecule has 1 aliphatic rings. The van der Waals surface area contributed by atoms with Gasteiger partial charge in [-0.25, -0.2) is 9.48 Å². The van der Waals surface area contributed by atoms with Crippen LogP contribution in [0.3, 0.4) is 0 Å². The number of nitrogens with zero attached hydrogens (tertiary/aromatic N) is 4. The Morgan fingerprint density at radius 1 is 1.32 bits per heavy atom. The van der Waals surface area contributed by atoms with Crippen LogP contribution < -0.4 is 11.2 Å². The van der Waals surface area contributed by atoms with Crippen molar-refractivity contribution in [1.82, 2.24) is 24.5 Å². The SMILES string of the molecule is O=c1[nH]c(=O)n([C@@H]2O[C@H](CO)C(O)[C@@H]2O)cc1-n1ccnn1. The fraction of sp³-hybridized carbons (Fsp3) is 0.455. The molecular weight excluding hydrogens is 298 g/mol. The molecule has 1 fully saturated rings. The zero-order valence-electron chi connectivity index (χ0n) is 11.1. The van der Waals surface area contributed by atoms with E-state index in [0.29, 0.717) is 0 Å². The average molecular weight is 311 g/mol. The first-order valence-electron chi connectivity index (χ1n) is 6.37. The van der Waals surface area contributed by atoms with E-state index in [1.165, 1.54) is 12.4 Å². The molecule has 22 heavy (non-hydrogen) atoms. The number of ether oxygens (including phenoxy) is 1. The summed E-state index contributed by atoms with van der Waals surface area (Å²) in [5.74, 6) is 0. The molecule has 2 aromatic rings. The highest BCUT2D eigenvalue weighted by Crippen LogP contribution is 2.28. The van der Waals surface area contributed by atoms with Crippen molar-refractivity contribution in [2.75, 3.05) is 6.61 Å². The summed E-state index contributed by atoms with van der Waals surface area (Å²) in [5, 5.41) is 36.0. The van der Waals surface area contributed by atoms with Crippen molar-refractivity contribution in [2.24, 2.45) is 0 Å². The van der Waals surface area contributed by atoms with Gasteiger partial charge >= 0.3 is 5.69 Å². The number of hydrogen-bond donors (Lipinski definition) is 4. The monoisotopic (exact) mass is 311 g/mol. The molecule has 11 heteroatoms. The molecule has 0 aromatic carbocycles. The van der Waals surface area contributed by atoms with Crippen LogP contribution in [0.2, 0.25) is 0 Å². The van der Waals surface area contributed by atoms with Crippen LogP contribution in [0.25, 0.3) is 5.69 Å². The third-order valence-electron chi connectivity index (χ3n) is 3.41. The predicted octanol–water partition coefficient (Wildman–Crippen LogP) is -3.27. The van der Waals surface area contributed by atoms with E-state index in [4.69, 9.17) is 9.84 Å². The predicted molar refractivity (Wildman–Crippen MR) is 69.2 cm³/mol. The summed E-state index contributed by atoms with van der Waals surface area (Å²) in [5.41, 5.74) is -1.54. The van der Waals surface area contributed by atoms with Gasteiger partial charge in [0.15, 0.2) is 6.23 Å². The van der Waals surface area contributed by atoms with Crippen molar-refractivity contribution >= 4 is 0 Å². The lowest BCUT2D eigenvalue weighted by Crippen LogP contribution is -2.39. The van der Waals surface area contributed by atoms with Crippen LogP contribution in [0.1, 0.15) is 6.23 Å². The van der Waals surface area contributed by atoms with Gasteiger partial charge in [0.25, 0.3) is 5.56 Å². The maximum atomic E-state index is 11.9. The molecule has 11 nitrogen and oxygen atoms in total. The van der Waals surface area contributed by atoms with Gasteiger partial charge in [0.1, 0.15) is 24.0 Å². The molecule has 0 amide bonds. The van der Waals surface area contributed by atoms with E-state index in [0.717, 1.165) is 15.4 Å². The number of H-pyrrole nitrogens is 1. The number of aliphatic hydroxyl groups is 3. The first-order chi connectivity index (χ1) is 10.5. The van der Waals surface area contributed by atoms with Gasteiger partial charge in [-0.1, -0.05) is 5.21 Å². The largest absolute Gasteiger partial charge is 0.394 e. The van der Waals surface area contributed by atoms with Crippen LogP contribution >= 0.6 is 0 Å². The molecular formula is C11H13N5O6. The standard InChI is InChI=1S/C11H13N5O6/c17-4-6-7(18)8(19)10(22-6)15-3-5(9(20)13-11(15)21)16-2-1-12-14-16/h1-3,6-8,10,17-19H,4H2,(H,13,20,21)/t6-,7?,8+,10-/m1/s1. The average Bonchev–Trinajstić information content (AvgIpc) is 3.10. The van der Waals surface area contributed by atoms with Crippen molar-refractivity contribution in [3.63, 3.8) is 0 Å². The summed E-state index contributed by atoms with van der Waals surface area (Å²) < 4.78 is 7.31. The topological polar surface area (TPSA) is 155 Å². The minimum atomic E-state index is -1.44. The first-order valence-corrected chi connectivity index (χ1v) is 6.37. The highest BCUT2D eigenvalue weighted by atomic mass is 16.6. The maximum Gasteiger partial charge on any atom is 0.330 e. The summed E-state index contributed by atoms with van der Waals surface area (Å²) in [7, 11) is 0. The molecule has 0 spiro atoms. The Hall–Kier alpha value is -2.34. The van der Waals surface area contributed by atoms with E-state index in [1.807, 2.05) is 0 Å². The fourth-order valence-electron chi connectivity index (χ4n) is 2.27. The number of hydrogen-bond acceptors (Lipinski definition) is 8. The Morgan fingerprint density at radius 2 is 2.09 bits per heavy atom. The Kier molecular flexibility index (Phi) is 3.62. The third kappa shape index (κ3) is 2.25. The zero-order chi connectivity index (χ0) is 15.9. The van der Waals surface area contributed by atoms with Gasteiger partial charge in [-0.15, -0.1) is 5.10 Å². The Morgan fingerprint density at radius 3 is 2.68 bits per heavy atom. The van der Waals surface area contributed by atoms with E-state index >= 15 is 0 Å². The third-order valence-corrected chi connectivity index (χ3v) is 3.41. The van der Waals surface area contributed by atoms with Crippen LogP contribution in [0.15, 0.2) is 28.2 Å². The molecule has 118 valence electrons. The number of aliphatic hydroxyl groups excluding tert-OH is 3. The summed E-state index contributed by atoms with van der Waals surface area (Å²) in [6.45, 7) is -0.525. The molecule has 1 unspecified atom stereocenters. The van der Waals surface area contributed by atoms with Crippen molar-refractivity contribution in [2.45, 2.75) is 24.5 Å². The summed E-state index contributed by atoms with van der Waals surface area (Å²) in [4.78, 5) is 25.8. The molecule has 4 N–H and O–H groups in total.